The summed E-state index contributed by atoms with van der Waals surface area (Å²) in [6, 6.07) is 2.90. The van der Waals surface area contributed by atoms with Crippen molar-refractivity contribution in [2.45, 2.75) is 84.4 Å². The van der Waals surface area contributed by atoms with Gasteiger partial charge in [-0.25, -0.2) is 4.79 Å². The van der Waals surface area contributed by atoms with E-state index in [1.54, 1.807) is 13.0 Å². The minimum atomic E-state index is -0.782. The largest absolute Gasteiger partial charge is 0.449 e. The van der Waals surface area contributed by atoms with Crippen LogP contribution in [0.15, 0.2) is 12.1 Å². The van der Waals surface area contributed by atoms with Gasteiger partial charge in [-0.1, -0.05) is 19.8 Å². The number of hydrogen-bond acceptors (Lipinski definition) is 3. The number of ether oxygens (including phenoxy) is 1. The fourth-order valence-corrected chi connectivity index (χ4v) is 4.12. The van der Waals surface area contributed by atoms with Crippen molar-refractivity contribution in [3.8, 4) is 0 Å². The van der Waals surface area contributed by atoms with Crippen molar-refractivity contribution < 1.29 is 14.3 Å². The average Bonchev–Trinajstić information content (AvgIpc) is 3.41. The first-order chi connectivity index (χ1) is 12.9. The standard InChI is InChI=1S/C22H32N2O3/c1-14-7-5-6-8-20(14)23-22(26)17(4)27-21(25)12-9-18-13-15(2)24(16(18)3)19-10-11-19/h9,12-14,17,19-20H,5-8,10-11H2,1-4H3,(H,23,26)/b12-9+/t14-,17-,20-/m0/s1. The third-order valence-electron chi connectivity index (χ3n) is 5.94. The molecule has 3 atom stereocenters. The smallest absolute Gasteiger partial charge is 0.331 e. The van der Waals surface area contributed by atoms with Gasteiger partial charge in [-0.2, -0.15) is 0 Å². The van der Waals surface area contributed by atoms with E-state index in [1.807, 2.05) is 0 Å². The van der Waals surface area contributed by atoms with Crippen LogP contribution in [0.3, 0.4) is 0 Å². The fraction of sp³-hybridized carbons (Fsp3) is 0.636. The van der Waals surface area contributed by atoms with Gasteiger partial charge < -0.3 is 14.6 Å². The third kappa shape index (κ3) is 4.82. The Morgan fingerprint density at radius 3 is 2.59 bits per heavy atom. The lowest BCUT2D eigenvalue weighted by atomic mass is 9.86. The monoisotopic (exact) mass is 372 g/mol. The second kappa shape index (κ2) is 8.32. The predicted octanol–water partition coefficient (Wildman–Crippen LogP) is 4.08. The topological polar surface area (TPSA) is 60.3 Å². The molecule has 2 fully saturated rings. The Kier molecular flexibility index (Phi) is 6.08. The van der Waals surface area contributed by atoms with Gasteiger partial charge in [-0.3, -0.25) is 4.79 Å². The van der Waals surface area contributed by atoms with E-state index in [0.717, 1.165) is 24.8 Å². The van der Waals surface area contributed by atoms with Gasteiger partial charge >= 0.3 is 5.97 Å². The van der Waals surface area contributed by atoms with Crippen molar-refractivity contribution in [2.24, 2.45) is 5.92 Å². The van der Waals surface area contributed by atoms with Crippen LogP contribution in [0.25, 0.3) is 6.08 Å². The summed E-state index contributed by atoms with van der Waals surface area (Å²) in [5.74, 6) is -0.208. The highest BCUT2D eigenvalue weighted by Gasteiger charge is 2.27. The van der Waals surface area contributed by atoms with E-state index in [4.69, 9.17) is 4.74 Å². The molecule has 1 amide bonds. The molecule has 1 heterocycles. The Bertz CT molecular complexity index is 730. The first kappa shape index (κ1) is 19.7. The van der Waals surface area contributed by atoms with Crippen LogP contribution < -0.4 is 5.32 Å². The molecule has 0 saturated heterocycles. The number of aromatic nitrogens is 1. The number of amides is 1. The molecule has 5 nitrogen and oxygen atoms in total. The van der Waals surface area contributed by atoms with Crippen molar-refractivity contribution >= 4 is 18.0 Å². The number of carbonyl (C=O) groups excluding carboxylic acids is 2. The molecule has 148 valence electrons. The molecule has 1 aromatic rings. The SMILES string of the molecule is Cc1cc(/C=C/C(=O)O[C@@H](C)C(=O)N[C@H]2CCCC[C@@H]2C)c(C)n1C1CC1. The van der Waals surface area contributed by atoms with Gasteiger partial charge in [0.05, 0.1) is 0 Å². The maximum absolute atomic E-state index is 12.3. The molecule has 0 unspecified atom stereocenters. The fourth-order valence-electron chi connectivity index (χ4n) is 4.12. The Balaban J connectivity index is 1.53. The highest BCUT2D eigenvalue weighted by Crippen LogP contribution is 2.38. The van der Waals surface area contributed by atoms with Gasteiger partial charge in [0, 0.05) is 29.5 Å². The minimum Gasteiger partial charge on any atom is -0.449 e. The molecule has 0 bridgehead atoms. The number of aryl methyl sites for hydroxylation is 1. The molecule has 0 radical (unpaired) electrons. The van der Waals surface area contributed by atoms with Crippen LogP contribution in [-0.2, 0) is 14.3 Å². The molecule has 2 aliphatic carbocycles. The Hall–Kier alpha value is -2.04. The maximum atomic E-state index is 12.3. The van der Waals surface area contributed by atoms with Gasteiger partial charge in [0.25, 0.3) is 5.91 Å². The summed E-state index contributed by atoms with van der Waals surface area (Å²) < 4.78 is 7.64. The second-order valence-corrected chi connectivity index (χ2v) is 8.22. The van der Waals surface area contributed by atoms with Crippen LogP contribution in [-0.4, -0.2) is 28.6 Å². The number of esters is 1. The van der Waals surface area contributed by atoms with Gasteiger partial charge in [-0.15, -0.1) is 0 Å². The van der Waals surface area contributed by atoms with Gasteiger partial charge in [-0.05, 0) is 70.1 Å². The summed E-state index contributed by atoms with van der Waals surface area (Å²) in [5, 5.41) is 3.04. The van der Waals surface area contributed by atoms with Crippen molar-refractivity contribution in [1.29, 1.82) is 0 Å². The van der Waals surface area contributed by atoms with E-state index in [2.05, 4.69) is 36.7 Å². The normalized spacial score (nSPS) is 24.0. The van der Waals surface area contributed by atoms with Crippen LogP contribution in [0, 0.1) is 19.8 Å². The van der Waals surface area contributed by atoms with Gasteiger partial charge in [0.2, 0.25) is 0 Å². The van der Waals surface area contributed by atoms with Crippen LogP contribution in [0.5, 0.6) is 0 Å². The lowest BCUT2D eigenvalue weighted by Gasteiger charge is -2.30. The summed E-state index contributed by atoms with van der Waals surface area (Å²) in [6.45, 7) is 7.98. The van der Waals surface area contributed by atoms with Gasteiger partial charge in [0.15, 0.2) is 6.10 Å². The van der Waals surface area contributed by atoms with E-state index in [1.165, 1.54) is 36.7 Å². The third-order valence-corrected chi connectivity index (χ3v) is 5.94. The first-order valence-electron chi connectivity index (χ1n) is 10.2. The van der Waals surface area contributed by atoms with Crippen LogP contribution >= 0.6 is 0 Å². The molecule has 5 heteroatoms. The van der Waals surface area contributed by atoms with Crippen molar-refractivity contribution in [2.75, 3.05) is 0 Å². The van der Waals surface area contributed by atoms with E-state index in [-0.39, 0.29) is 11.9 Å². The zero-order valence-electron chi connectivity index (χ0n) is 17.0. The highest BCUT2D eigenvalue weighted by atomic mass is 16.5. The van der Waals surface area contributed by atoms with Crippen molar-refractivity contribution in [3.05, 3.63) is 29.1 Å². The quantitative estimate of drug-likeness (QED) is 0.605. The van der Waals surface area contributed by atoms with Crippen molar-refractivity contribution in [3.63, 3.8) is 0 Å². The summed E-state index contributed by atoms with van der Waals surface area (Å²) in [4.78, 5) is 24.5. The Labute approximate surface area is 162 Å². The second-order valence-electron chi connectivity index (χ2n) is 8.22. The van der Waals surface area contributed by atoms with Crippen LogP contribution in [0.4, 0.5) is 0 Å². The molecule has 0 aromatic carbocycles. The minimum absolute atomic E-state index is 0.191. The molecule has 27 heavy (non-hydrogen) atoms. The first-order valence-corrected chi connectivity index (χ1v) is 10.2. The zero-order chi connectivity index (χ0) is 19.6. The van der Waals surface area contributed by atoms with Crippen LogP contribution in [0.2, 0.25) is 0 Å². The molecule has 0 aliphatic heterocycles. The van der Waals surface area contributed by atoms with Crippen molar-refractivity contribution in [1.82, 2.24) is 9.88 Å². The number of hydrogen-bond donors (Lipinski definition) is 1. The van der Waals surface area contributed by atoms with E-state index < -0.39 is 12.1 Å². The molecule has 0 spiro atoms. The molecule has 2 saturated carbocycles. The molecular weight excluding hydrogens is 340 g/mol. The Morgan fingerprint density at radius 2 is 1.93 bits per heavy atom. The zero-order valence-corrected chi connectivity index (χ0v) is 17.0. The van der Waals surface area contributed by atoms with E-state index in [0.29, 0.717) is 12.0 Å². The lowest BCUT2D eigenvalue weighted by Crippen LogP contribution is -2.45. The highest BCUT2D eigenvalue weighted by molar-refractivity contribution is 5.90. The molecule has 1 aromatic heterocycles. The summed E-state index contributed by atoms with van der Waals surface area (Å²) in [5.41, 5.74) is 3.43. The molecule has 2 aliphatic rings. The van der Waals surface area contributed by atoms with E-state index in [9.17, 15) is 9.59 Å². The maximum Gasteiger partial charge on any atom is 0.331 e. The summed E-state index contributed by atoms with van der Waals surface area (Å²) in [7, 11) is 0. The summed E-state index contributed by atoms with van der Waals surface area (Å²) >= 11 is 0. The molecule has 3 rings (SSSR count). The number of nitrogens with one attached hydrogen (secondary N) is 1. The predicted molar refractivity (Wildman–Crippen MR) is 106 cm³/mol. The van der Waals surface area contributed by atoms with Crippen LogP contribution in [0.1, 0.15) is 75.4 Å². The average molecular weight is 373 g/mol. The number of nitrogens with zero attached hydrogens (tertiary/aromatic N) is 1. The molecular formula is C22H32N2O3. The Morgan fingerprint density at radius 1 is 1.22 bits per heavy atom. The molecule has 1 N–H and O–H groups in total. The summed E-state index contributed by atoms with van der Waals surface area (Å²) in [6.07, 6.45) is 9.40. The number of rotatable bonds is 6. The lowest BCUT2D eigenvalue weighted by molar-refractivity contribution is -0.150. The van der Waals surface area contributed by atoms with Gasteiger partial charge in [0.1, 0.15) is 0 Å². The number of carbonyl (C=O) groups is 2. The van der Waals surface area contributed by atoms with E-state index >= 15 is 0 Å².